The van der Waals surface area contributed by atoms with Crippen molar-refractivity contribution in [2.24, 2.45) is 0 Å². The van der Waals surface area contributed by atoms with Crippen LogP contribution in [-0.4, -0.2) is 167 Å². The van der Waals surface area contributed by atoms with Crippen molar-refractivity contribution in [1.82, 2.24) is 58.6 Å². The molecule has 8 aromatic rings. The van der Waals surface area contributed by atoms with E-state index in [1.54, 1.807) is 54.3 Å². The monoisotopic (exact) mass is 1230 g/mol. The summed E-state index contributed by atoms with van der Waals surface area (Å²) >= 11 is 7.26. The summed E-state index contributed by atoms with van der Waals surface area (Å²) in [6.45, 7) is -1.29. The van der Waals surface area contributed by atoms with Gasteiger partial charge < -0.3 is 68.9 Å². The van der Waals surface area contributed by atoms with E-state index < -0.39 is 94.6 Å². The van der Waals surface area contributed by atoms with Gasteiger partial charge in [0.25, 0.3) is 11.1 Å². The third-order valence-electron chi connectivity index (χ3n) is 11.6. The summed E-state index contributed by atoms with van der Waals surface area (Å²) in [7, 11) is -8.95. The first-order valence-electron chi connectivity index (χ1n) is 23.0. The van der Waals surface area contributed by atoms with Crippen molar-refractivity contribution < 1.29 is 76.9 Å². The Hall–Kier alpha value is -5.31. The summed E-state index contributed by atoms with van der Waals surface area (Å²) in [4.78, 5) is 104. The molecule has 2 aromatic carbocycles. The average molecular weight is 1230 g/mol. The van der Waals surface area contributed by atoms with E-state index in [9.17, 15) is 43.9 Å². The Kier molecular flexibility index (Phi) is 20.6. The number of rotatable bonds is 29. The third-order valence-corrected chi connectivity index (χ3v) is 16.8. The van der Waals surface area contributed by atoms with E-state index >= 15 is 0 Å². The van der Waals surface area contributed by atoms with Crippen molar-refractivity contribution in [3.8, 4) is 17.1 Å². The molecule has 0 aliphatic rings. The number of phosphoric ester groups is 1. The van der Waals surface area contributed by atoms with E-state index in [2.05, 4.69) is 50.2 Å². The van der Waals surface area contributed by atoms with E-state index in [4.69, 9.17) is 58.5 Å². The lowest BCUT2D eigenvalue weighted by Crippen LogP contribution is -2.42. The van der Waals surface area contributed by atoms with Crippen LogP contribution in [0.1, 0.15) is 13.9 Å². The second-order valence-corrected chi connectivity index (χ2v) is 22.6. The Morgan fingerprint density at radius 1 is 0.850 bits per heavy atom. The Balaban J connectivity index is 0.00000946. The van der Waals surface area contributed by atoms with Crippen LogP contribution in [-0.2, 0) is 47.5 Å². The van der Waals surface area contributed by atoms with Gasteiger partial charge in [0, 0.05) is 45.7 Å². The summed E-state index contributed by atoms with van der Waals surface area (Å²) in [6.07, 6.45) is -4.83. The van der Waals surface area contributed by atoms with Gasteiger partial charge in [-0.25, -0.2) is 38.8 Å². The number of aromatic amines is 2. The first-order chi connectivity index (χ1) is 38.4. The largest absolute Gasteiger partial charge is 0.492 e. The van der Waals surface area contributed by atoms with Gasteiger partial charge in [-0.05, 0) is 42.7 Å². The second-order valence-electron chi connectivity index (χ2n) is 16.4. The summed E-state index contributed by atoms with van der Waals surface area (Å²) in [5.41, 5.74) is 5.46. The van der Waals surface area contributed by atoms with Crippen molar-refractivity contribution >= 4 is 107 Å². The lowest BCUT2D eigenvalue weighted by Gasteiger charge is -2.33. The average Bonchev–Trinajstić information content (AvgIpc) is 4.28. The maximum absolute atomic E-state index is 13.9. The van der Waals surface area contributed by atoms with Crippen molar-refractivity contribution in [2.45, 2.75) is 48.6 Å². The molecule has 0 aliphatic carbocycles. The minimum atomic E-state index is -5.34. The molecule has 6 aromatic heterocycles. The molecule has 38 heteroatoms. The van der Waals surface area contributed by atoms with Gasteiger partial charge in [0.15, 0.2) is 51.4 Å². The highest BCUT2D eigenvalue weighted by atomic mass is 35.5. The number of anilines is 2. The number of imidazole rings is 3. The van der Waals surface area contributed by atoms with E-state index in [1.807, 2.05) is 0 Å². The van der Waals surface area contributed by atoms with E-state index in [0.29, 0.717) is 33.1 Å². The third kappa shape index (κ3) is 14.1. The number of methoxy groups -OCH3 is 3. The zero-order valence-corrected chi connectivity index (χ0v) is 47.5. The van der Waals surface area contributed by atoms with Gasteiger partial charge in [-0.3, -0.25) is 42.0 Å². The fourth-order valence-corrected chi connectivity index (χ4v) is 11.9. The summed E-state index contributed by atoms with van der Waals surface area (Å²) in [5.74, 6) is 0.929. The van der Waals surface area contributed by atoms with E-state index in [1.165, 1.54) is 55.3 Å². The van der Waals surface area contributed by atoms with Crippen LogP contribution in [0.3, 0.4) is 0 Å². The number of phosphoric acid groups is 1. The predicted molar refractivity (Wildman–Crippen MR) is 293 cm³/mol. The molecular weight excluding hydrogens is 1180 g/mol. The molecule has 0 spiro atoms. The standard InChI is InChI=1S/C42H51ClN14O18P4S.H2/c1-45-32-27-35(47-18-46-32)57(20-48-27)40(69-4)31(73-79(65,66)72-17-25(67-2)30(58)39(61)56-19-49-28-36(56)52-41(44)53-37(28)59)26(68-3)16-71-77(63)75-78(64)74-76(62)24-12-6-21(7-13-24)34-50-33-29(38(60)54-42(51-33)80-5)55(34)14-15-70-23-10-8-22(43)9-11-23;/h6-13,18-20,25-26,30-31,39-40,58,61-64H,14-17H2,1-5H3,(H,65,66)(H,45,46,47)(H,51,54,60)(H3,44,52,53,59);1H. The highest BCUT2D eigenvalue weighted by molar-refractivity contribution is 7.98. The van der Waals surface area contributed by atoms with Gasteiger partial charge in [0.05, 0.1) is 32.4 Å². The molecule has 32 nitrogen and oxygen atoms in total. The van der Waals surface area contributed by atoms with Gasteiger partial charge in [-0.1, -0.05) is 35.5 Å². The predicted octanol–water partition coefficient (Wildman–Crippen LogP) is 3.03. The number of hydrogen-bond donors (Lipinski definition) is 10. The Morgan fingerprint density at radius 2 is 1.56 bits per heavy atom. The topological polar surface area (TPSA) is 430 Å². The van der Waals surface area contributed by atoms with Gasteiger partial charge in [0.2, 0.25) is 14.3 Å². The fraction of sp³-hybridized carbons (Fsp3) is 0.357. The Bertz CT molecular complexity index is 3560. The Labute approximate surface area is 465 Å². The normalized spacial score (nSPS) is 16.2. The zero-order chi connectivity index (χ0) is 57.4. The molecule has 0 radical (unpaired) electrons. The number of aliphatic hydroxyl groups excluding tert-OH is 2. The summed E-state index contributed by atoms with van der Waals surface area (Å²) in [6, 6.07) is 13.0. The number of nitrogens with one attached hydrogen (secondary N) is 3. The fourth-order valence-electron chi connectivity index (χ4n) is 7.81. The van der Waals surface area contributed by atoms with Crippen LogP contribution in [0, 0.1) is 0 Å². The number of nitrogens with zero attached hydrogens (tertiary/aromatic N) is 10. The number of benzene rings is 2. The molecule has 11 N–H and O–H groups in total. The number of H-pyrrole nitrogens is 2. The second kappa shape index (κ2) is 27.2. The van der Waals surface area contributed by atoms with Crippen molar-refractivity contribution in [2.75, 3.05) is 65.5 Å². The first kappa shape index (κ1) is 60.8. The number of aliphatic hydroxyl groups is 2. The molecule has 432 valence electrons. The maximum atomic E-state index is 13.9. The smallest absolute Gasteiger partial charge is 0.472 e. The lowest BCUT2D eigenvalue weighted by atomic mass is 10.2. The van der Waals surface area contributed by atoms with Crippen molar-refractivity contribution in [3.63, 3.8) is 0 Å². The molecule has 8 rings (SSSR count). The van der Waals surface area contributed by atoms with Gasteiger partial charge in [-0.2, -0.15) is 4.98 Å². The molecule has 0 saturated heterocycles. The van der Waals surface area contributed by atoms with Crippen molar-refractivity contribution in [3.05, 3.63) is 93.2 Å². The minimum Gasteiger partial charge on any atom is -0.492 e. The zero-order valence-electron chi connectivity index (χ0n) is 42.4. The number of fused-ring (bicyclic) bond motifs is 3. The van der Waals surface area contributed by atoms with Crippen LogP contribution in [0.4, 0.5) is 11.8 Å². The molecule has 0 bridgehead atoms. The van der Waals surface area contributed by atoms with E-state index in [-0.39, 0.29) is 59.3 Å². The summed E-state index contributed by atoms with van der Waals surface area (Å²) < 4.78 is 67.5. The number of aromatic nitrogens is 12. The highest BCUT2D eigenvalue weighted by Crippen LogP contribution is 2.56. The minimum absolute atomic E-state index is 0. The molecule has 10 unspecified atom stereocenters. The number of halogens is 1. The van der Waals surface area contributed by atoms with Gasteiger partial charge in [-0.15, -0.1) is 0 Å². The number of nitrogens with two attached hydrogens (primary N) is 1. The first-order valence-corrected chi connectivity index (χ1v) is 29.6. The van der Waals surface area contributed by atoms with E-state index in [0.717, 1.165) is 18.0 Å². The quantitative estimate of drug-likeness (QED) is 0.0183. The summed E-state index contributed by atoms with van der Waals surface area (Å²) in [5, 5.41) is 26.2. The molecule has 6 heterocycles. The number of nitrogen functional groups attached to an aromatic ring is 1. The van der Waals surface area contributed by atoms with Crippen LogP contribution in [0.5, 0.6) is 5.75 Å². The lowest BCUT2D eigenvalue weighted by molar-refractivity contribution is -0.132. The maximum Gasteiger partial charge on any atom is 0.472 e. The SMILES string of the molecule is CNc1ncnc2c1ncn2C(OC)C(OP(=O)(O)OCC(OC)C(O)C(O)n1cnc2c(=O)[nH]c(N)nc21)C(COP(O)OP(O)OP(O)c1ccc(-c2nc3nc(SC)[nH]c(=O)c3n2CCOc2ccc(Cl)cc2)cc1)OC.[HH]. The van der Waals surface area contributed by atoms with Crippen LogP contribution >= 0.6 is 56.8 Å². The highest BCUT2D eigenvalue weighted by Gasteiger charge is 2.42. The molecular formula is C42H53ClN14O18P4S. The van der Waals surface area contributed by atoms with Gasteiger partial charge in [0.1, 0.15) is 54.4 Å². The van der Waals surface area contributed by atoms with Crippen LogP contribution < -0.4 is 32.2 Å². The Morgan fingerprint density at radius 3 is 2.25 bits per heavy atom. The van der Waals surface area contributed by atoms with Crippen molar-refractivity contribution in [1.29, 1.82) is 0 Å². The molecule has 0 fully saturated rings. The number of thioether (sulfide) groups is 1. The van der Waals surface area contributed by atoms with Crippen LogP contribution in [0.2, 0.25) is 5.02 Å². The number of hydrogen-bond acceptors (Lipinski definition) is 27. The molecule has 10 atom stereocenters. The molecule has 0 amide bonds. The molecule has 80 heavy (non-hydrogen) atoms. The molecule has 0 aliphatic heterocycles. The van der Waals surface area contributed by atoms with Crippen LogP contribution in [0.15, 0.2) is 82.3 Å². The molecule has 0 saturated carbocycles. The van der Waals surface area contributed by atoms with Gasteiger partial charge >= 0.3 is 25.0 Å². The van der Waals surface area contributed by atoms with Crippen LogP contribution in [0.25, 0.3) is 44.9 Å². The number of ether oxygens (including phenoxy) is 4.